The lowest BCUT2D eigenvalue weighted by Gasteiger charge is -2.33. The molecule has 158 valence electrons. The third-order valence-electron chi connectivity index (χ3n) is 6.01. The number of benzene rings is 1. The largest absolute Gasteiger partial charge is 0.481 e. The number of carbonyl (C=O) groups excluding carboxylic acids is 1. The number of rotatable bonds is 4. The molecule has 0 bridgehead atoms. The second-order valence-corrected chi connectivity index (χ2v) is 7.96. The Kier molecular flexibility index (Phi) is 5.32. The monoisotopic (exact) mass is 410 g/mol. The molecule has 2 aromatic heterocycles. The number of amides is 1. The first kappa shape index (κ1) is 20.1. The number of hydrogen-bond acceptors (Lipinski definition) is 6. The van der Waals surface area contributed by atoms with Gasteiger partial charge in [-0.05, 0) is 51.3 Å². The van der Waals surface area contributed by atoms with Crippen LogP contribution in [0.15, 0.2) is 33.7 Å². The van der Waals surface area contributed by atoms with Crippen LogP contribution in [0.3, 0.4) is 0 Å². The summed E-state index contributed by atoms with van der Waals surface area (Å²) in [4.78, 5) is 26.7. The summed E-state index contributed by atoms with van der Waals surface area (Å²) in [6.45, 7) is 6.72. The van der Waals surface area contributed by atoms with E-state index in [0.29, 0.717) is 35.9 Å². The first-order chi connectivity index (χ1) is 14.3. The molecular formula is C22H26N4O4. The Morgan fingerprint density at radius 2 is 1.97 bits per heavy atom. The summed E-state index contributed by atoms with van der Waals surface area (Å²) in [6, 6.07) is 5.34. The first-order valence-corrected chi connectivity index (χ1v) is 10.2. The van der Waals surface area contributed by atoms with Gasteiger partial charge in [-0.1, -0.05) is 0 Å². The van der Waals surface area contributed by atoms with Crippen molar-refractivity contribution in [2.75, 3.05) is 13.1 Å². The summed E-state index contributed by atoms with van der Waals surface area (Å²) in [7, 11) is 1.94. The minimum Gasteiger partial charge on any atom is -0.481 e. The average Bonchev–Trinajstić information content (AvgIpc) is 3.17. The third kappa shape index (κ3) is 3.69. The molecule has 3 aromatic rings. The van der Waals surface area contributed by atoms with Gasteiger partial charge >= 0.3 is 5.63 Å². The molecule has 1 atom stereocenters. The lowest BCUT2D eigenvalue weighted by atomic mass is 9.95. The first-order valence-electron chi connectivity index (χ1n) is 10.2. The number of fused-ring (bicyclic) bond motifs is 1. The van der Waals surface area contributed by atoms with Crippen molar-refractivity contribution in [1.82, 2.24) is 19.7 Å². The summed E-state index contributed by atoms with van der Waals surface area (Å²) in [5.41, 5.74) is 1.60. The van der Waals surface area contributed by atoms with Gasteiger partial charge in [-0.3, -0.25) is 4.79 Å². The molecule has 1 aromatic carbocycles. The summed E-state index contributed by atoms with van der Waals surface area (Å²) in [6.07, 6.45) is 2.78. The van der Waals surface area contributed by atoms with Gasteiger partial charge in [-0.2, -0.15) is 0 Å². The van der Waals surface area contributed by atoms with Crippen LogP contribution in [-0.2, 0) is 11.8 Å². The Bertz CT molecular complexity index is 1140. The zero-order valence-electron chi connectivity index (χ0n) is 17.7. The predicted octanol–water partition coefficient (Wildman–Crippen LogP) is 2.71. The Hall–Kier alpha value is -3.16. The van der Waals surface area contributed by atoms with Crippen molar-refractivity contribution in [2.45, 2.75) is 45.6 Å². The van der Waals surface area contributed by atoms with Crippen molar-refractivity contribution in [2.24, 2.45) is 7.05 Å². The Morgan fingerprint density at radius 3 is 2.63 bits per heavy atom. The Labute approximate surface area is 174 Å². The molecule has 0 aliphatic carbocycles. The van der Waals surface area contributed by atoms with Crippen LogP contribution in [0.4, 0.5) is 0 Å². The summed E-state index contributed by atoms with van der Waals surface area (Å²) in [5, 5.41) is 9.01. The molecule has 1 aliphatic heterocycles. The summed E-state index contributed by atoms with van der Waals surface area (Å²) in [5.74, 6) is 1.74. The van der Waals surface area contributed by atoms with E-state index in [-0.39, 0.29) is 11.5 Å². The molecule has 1 aliphatic rings. The van der Waals surface area contributed by atoms with E-state index in [1.54, 1.807) is 32.3 Å². The van der Waals surface area contributed by atoms with E-state index >= 15 is 0 Å². The fourth-order valence-corrected chi connectivity index (χ4v) is 4.03. The number of aryl methyl sites for hydroxylation is 2. The van der Waals surface area contributed by atoms with Crippen LogP contribution in [-0.4, -0.2) is 44.8 Å². The van der Waals surface area contributed by atoms with Crippen LogP contribution in [0.1, 0.15) is 42.6 Å². The maximum absolute atomic E-state index is 12.9. The van der Waals surface area contributed by atoms with E-state index in [0.717, 1.165) is 29.6 Å². The molecule has 30 heavy (non-hydrogen) atoms. The Balaban J connectivity index is 1.42. The highest BCUT2D eigenvalue weighted by Crippen LogP contribution is 2.28. The van der Waals surface area contributed by atoms with Crippen molar-refractivity contribution in [3.05, 3.63) is 51.9 Å². The van der Waals surface area contributed by atoms with Crippen molar-refractivity contribution >= 4 is 16.9 Å². The highest BCUT2D eigenvalue weighted by atomic mass is 16.5. The van der Waals surface area contributed by atoms with Gasteiger partial charge in [0.1, 0.15) is 23.5 Å². The molecule has 1 amide bonds. The van der Waals surface area contributed by atoms with Crippen molar-refractivity contribution in [3.63, 3.8) is 0 Å². The maximum atomic E-state index is 12.9. The van der Waals surface area contributed by atoms with Gasteiger partial charge in [-0.15, -0.1) is 10.2 Å². The zero-order valence-corrected chi connectivity index (χ0v) is 17.7. The van der Waals surface area contributed by atoms with E-state index in [1.807, 2.05) is 29.5 Å². The van der Waals surface area contributed by atoms with Crippen molar-refractivity contribution in [1.29, 1.82) is 0 Å². The summed E-state index contributed by atoms with van der Waals surface area (Å²) >= 11 is 0. The molecule has 0 radical (unpaired) electrons. The average molecular weight is 410 g/mol. The Morgan fingerprint density at radius 1 is 1.23 bits per heavy atom. The van der Waals surface area contributed by atoms with Crippen LogP contribution in [0.2, 0.25) is 0 Å². The van der Waals surface area contributed by atoms with Crippen LogP contribution < -0.4 is 10.4 Å². The number of carbonyl (C=O) groups is 1. The van der Waals surface area contributed by atoms with Gasteiger partial charge in [0.05, 0.1) is 0 Å². The lowest BCUT2D eigenvalue weighted by molar-refractivity contribution is -0.139. The maximum Gasteiger partial charge on any atom is 0.339 e. The molecule has 8 nitrogen and oxygen atoms in total. The van der Waals surface area contributed by atoms with Crippen LogP contribution in [0, 0.1) is 13.8 Å². The number of aromatic nitrogens is 3. The molecule has 3 heterocycles. The van der Waals surface area contributed by atoms with E-state index in [2.05, 4.69) is 10.2 Å². The van der Waals surface area contributed by atoms with Crippen molar-refractivity contribution < 1.29 is 13.9 Å². The highest BCUT2D eigenvalue weighted by Gasteiger charge is 2.29. The predicted molar refractivity (Wildman–Crippen MR) is 112 cm³/mol. The molecule has 0 spiro atoms. The summed E-state index contributed by atoms with van der Waals surface area (Å²) < 4.78 is 13.2. The quantitative estimate of drug-likeness (QED) is 0.614. The van der Waals surface area contributed by atoms with Gasteiger partial charge in [0.15, 0.2) is 6.10 Å². The molecule has 1 saturated heterocycles. The molecule has 0 N–H and O–H groups in total. The van der Waals surface area contributed by atoms with E-state index < -0.39 is 6.10 Å². The van der Waals surface area contributed by atoms with Gasteiger partial charge < -0.3 is 18.6 Å². The minimum absolute atomic E-state index is 0.0481. The minimum atomic E-state index is -0.632. The van der Waals surface area contributed by atoms with Crippen LogP contribution >= 0.6 is 0 Å². The lowest BCUT2D eigenvalue weighted by Crippen LogP contribution is -2.44. The standard InChI is InChI=1S/C22H26N4O4/c1-13-14(2)22(28)30-19-11-17(5-6-18(13)19)29-15(3)21(27)26-9-7-16(8-10-26)20-24-23-12-25(20)4/h5-6,11-12,15-16H,7-10H2,1-4H3. The fraction of sp³-hybridized carbons (Fsp3) is 0.455. The number of piperidine rings is 1. The van der Waals surface area contributed by atoms with Gasteiger partial charge in [0, 0.05) is 43.1 Å². The number of ether oxygens (including phenoxy) is 1. The van der Waals surface area contributed by atoms with Gasteiger partial charge in [0.25, 0.3) is 5.91 Å². The van der Waals surface area contributed by atoms with E-state index in [1.165, 1.54) is 0 Å². The SMILES string of the molecule is Cc1c(C)c2ccc(OC(C)C(=O)N3CCC(c4nncn4C)CC3)cc2oc1=O. The second kappa shape index (κ2) is 7.93. The van der Waals surface area contributed by atoms with Crippen LogP contribution in [0.5, 0.6) is 5.75 Å². The van der Waals surface area contributed by atoms with Gasteiger partial charge in [-0.25, -0.2) is 4.79 Å². The van der Waals surface area contributed by atoms with E-state index in [9.17, 15) is 9.59 Å². The highest BCUT2D eigenvalue weighted by molar-refractivity contribution is 5.83. The zero-order chi connectivity index (χ0) is 21.4. The smallest absolute Gasteiger partial charge is 0.339 e. The molecule has 1 unspecified atom stereocenters. The topological polar surface area (TPSA) is 90.5 Å². The van der Waals surface area contributed by atoms with Crippen molar-refractivity contribution in [3.8, 4) is 5.75 Å². The second-order valence-electron chi connectivity index (χ2n) is 7.96. The third-order valence-corrected chi connectivity index (χ3v) is 6.01. The van der Waals surface area contributed by atoms with Crippen LogP contribution in [0.25, 0.3) is 11.0 Å². The molecule has 4 rings (SSSR count). The number of likely N-dealkylation sites (tertiary alicyclic amines) is 1. The normalized spacial score (nSPS) is 16.1. The van der Waals surface area contributed by atoms with Gasteiger partial charge in [0.2, 0.25) is 0 Å². The molecule has 1 fully saturated rings. The molecule has 0 saturated carbocycles. The number of hydrogen-bond donors (Lipinski definition) is 0. The number of nitrogens with zero attached hydrogens (tertiary/aromatic N) is 4. The fourth-order valence-electron chi connectivity index (χ4n) is 4.03. The van der Waals surface area contributed by atoms with E-state index in [4.69, 9.17) is 9.15 Å². The molecule has 8 heteroatoms. The molecular weight excluding hydrogens is 384 g/mol.